The molecule has 1 aliphatic heterocycles. The van der Waals surface area contributed by atoms with Gasteiger partial charge in [0.1, 0.15) is 17.3 Å². The van der Waals surface area contributed by atoms with Crippen LogP contribution in [-0.2, 0) is 4.79 Å². The van der Waals surface area contributed by atoms with Gasteiger partial charge in [-0.3, -0.25) is 14.5 Å². The lowest BCUT2D eigenvalue weighted by Gasteiger charge is -2.19. The number of amidine groups is 1. The molecule has 0 bridgehead atoms. The Morgan fingerprint density at radius 3 is 2.28 bits per heavy atom. The topological polar surface area (TPSA) is 65.0 Å². The number of nitrogens with zero attached hydrogens (tertiary/aromatic N) is 3. The molecule has 1 N–H and O–H groups in total. The fourth-order valence-electron chi connectivity index (χ4n) is 4.10. The molecule has 0 saturated heterocycles. The normalized spacial score (nSPS) is 13.9. The van der Waals surface area contributed by atoms with Gasteiger partial charge in [-0.05, 0) is 66.2 Å². The zero-order chi connectivity index (χ0) is 27.5. The van der Waals surface area contributed by atoms with E-state index in [1.54, 1.807) is 30.3 Å². The minimum Gasteiger partial charge on any atom is -0.378 e. The van der Waals surface area contributed by atoms with E-state index in [1.165, 1.54) is 23.1 Å². The number of halogens is 2. The van der Waals surface area contributed by atoms with Crippen LogP contribution in [0.1, 0.15) is 21.5 Å². The average molecular weight is 539 g/mol. The fourth-order valence-corrected chi connectivity index (χ4v) is 4.28. The first-order valence-corrected chi connectivity index (χ1v) is 12.5. The average Bonchev–Trinajstić information content (AvgIpc) is 3.27. The summed E-state index contributed by atoms with van der Waals surface area (Å²) in [5.41, 5.74) is 4.30. The molecule has 4 aromatic rings. The fraction of sp³-hybridized carbons (Fsp3) is 0.0645. The monoisotopic (exact) mass is 538 g/mol. The molecule has 8 heteroatoms. The number of anilines is 3. The summed E-state index contributed by atoms with van der Waals surface area (Å²) >= 11 is 5.82. The number of hydrogen-bond donors (Lipinski definition) is 1. The van der Waals surface area contributed by atoms with Crippen LogP contribution in [0.5, 0.6) is 0 Å². The summed E-state index contributed by atoms with van der Waals surface area (Å²) in [7, 11) is 3.94. The maximum absolute atomic E-state index is 13.6. The molecule has 4 aromatic carbocycles. The number of carbonyl (C=O) groups excluding carboxylic acids is 2. The number of benzene rings is 4. The zero-order valence-electron chi connectivity index (χ0n) is 21.2. The van der Waals surface area contributed by atoms with Crippen molar-refractivity contribution in [2.45, 2.75) is 0 Å². The summed E-state index contributed by atoms with van der Waals surface area (Å²) in [5, 5.41) is 2.61. The molecule has 0 aromatic heterocycles. The van der Waals surface area contributed by atoms with Crippen LogP contribution >= 0.6 is 11.6 Å². The van der Waals surface area contributed by atoms with Crippen LogP contribution in [-0.4, -0.2) is 31.7 Å². The van der Waals surface area contributed by atoms with Gasteiger partial charge in [0.2, 0.25) is 0 Å². The minimum absolute atomic E-state index is 0.0825. The molecule has 194 valence electrons. The van der Waals surface area contributed by atoms with E-state index in [2.05, 4.69) is 5.32 Å². The van der Waals surface area contributed by atoms with Crippen molar-refractivity contribution in [2.24, 2.45) is 4.99 Å². The largest absolute Gasteiger partial charge is 0.378 e. The van der Waals surface area contributed by atoms with E-state index >= 15 is 0 Å². The number of amides is 2. The van der Waals surface area contributed by atoms with Crippen LogP contribution < -0.4 is 15.1 Å². The van der Waals surface area contributed by atoms with Crippen molar-refractivity contribution < 1.29 is 14.0 Å². The van der Waals surface area contributed by atoms with Gasteiger partial charge in [0.25, 0.3) is 11.8 Å². The van der Waals surface area contributed by atoms with Gasteiger partial charge >= 0.3 is 0 Å². The first kappa shape index (κ1) is 25.9. The molecule has 0 radical (unpaired) electrons. The predicted octanol–water partition coefficient (Wildman–Crippen LogP) is 6.63. The van der Waals surface area contributed by atoms with Gasteiger partial charge in [0.15, 0.2) is 0 Å². The highest BCUT2D eigenvalue weighted by molar-refractivity contribution is 6.33. The van der Waals surface area contributed by atoms with Crippen molar-refractivity contribution in [3.63, 3.8) is 0 Å². The van der Waals surface area contributed by atoms with Crippen molar-refractivity contribution >= 4 is 52.4 Å². The zero-order valence-corrected chi connectivity index (χ0v) is 22.0. The molecule has 0 atom stereocenters. The number of nitrogens with one attached hydrogen (secondary N) is 1. The quantitative estimate of drug-likeness (QED) is 0.280. The lowest BCUT2D eigenvalue weighted by Crippen LogP contribution is -2.32. The highest BCUT2D eigenvalue weighted by Crippen LogP contribution is 2.29. The van der Waals surface area contributed by atoms with Gasteiger partial charge < -0.3 is 10.2 Å². The Kier molecular flexibility index (Phi) is 7.25. The summed E-state index contributed by atoms with van der Waals surface area (Å²) < 4.78 is 13.4. The second-order valence-corrected chi connectivity index (χ2v) is 9.49. The third kappa shape index (κ3) is 5.58. The third-order valence-corrected chi connectivity index (χ3v) is 6.46. The summed E-state index contributed by atoms with van der Waals surface area (Å²) in [6.07, 6.45) is 1.76. The molecule has 1 heterocycles. The highest BCUT2D eigenvalue weighted by atomic mass is 35.5. The van der Waals surface area contributed by atoms with E-state index in [9.17, 15) is 14.0 Å². The summed E-state index contributed by atoms with van der Waals surface area (Å²) in [6.45, 7) is 0. The summed E-state index contributed by atoms with van der Waals surface area (Å²) in [6, 6.07) is 27.9. The molecular formula is C31H24ClFN4O2. The number of carbonyl (C=O) groups is 2. The van der Waals surface area contributed by atoms with Crippen LogP contribution in [0.25, 0.3) is 6.08 Å². The minimum atomic E-state index is -0.566. The lowest BCUT2D eigenvalue weighted by molar-refractivity contribution is -0.113. The van der Waals surface area contributed by atoms with Crippen molar-refractivity contribution in [3.8, 4) is 0 Å². The first-order chi connectivity index (χ1) is 18.8. The lowest BCUT2D eigenvalue weighted by atomic mass is 10.1. The van der Waals surface area contributed by atoms with Crippen molar-refractivity contribution in [2.75, 3.05) is 29.2 Å². The number of hydrogen-bond acceptors (Lipinski definition) is 4. The van der Waals surface area contributed by atoms with Crippen LogP contribution in [0.3, 0.4) is 0 Å². The second kappa shape index (κ2) is 10.9. The SMILES string of the molecule is CN(C)c1ccc(/C=C2\N=C(c3ccccc3)N(c3ccc(C(=O)Nc4ccc(F)c(Cl)c4)cc3)C2=O)cc1. The van der Waals surface area contributed by atoms with E-state index in [0.29, 0.717) is 28.5 Å². The van der Waals surface area contributed by atoms with Gasteiger partial charge in [0.05, 0.1) is 10.7 Å². The maximum atomic E-state index is 13.6. The Balaban J connectivity index is 1.43. The van der Waals surface area contributed by atoms with Gasteiger partial charge in [0, 0.05) is 36.6 Å². The summed E-state index contributed by atoms with van der Waals surface area (Å²) in [4.78, 5) is 34.6. The number of rotatable bonds is 6. The molecule has 5 rings (SSSR count). The van der Waals surface area contributed by atoms with Gasteiger partial charge in [-0.1, -0.05) is 54.1 Å². The smallest absolute Gasteiger partial charge is 0.282 e. The molecule has 39 heavy (non-hydrogen) atoms. The van der Waals surface area contributed by atoms with Crippen molar-refractivity contribution in [1.82, 2.24) is 0 Å². The Labute approximate surface area is 230 Å². The Bertz CT molecular complexity index is 1600. The molecule has 0 aliphatic carbocycles. The predicted molar refractivity (Wildman–Crippen MR) is 155 cm³/mol. The van der Waals surface area contributed by atoms with Crippen molar-refractivity contribution in [3.05, 3.63) is 130 Å². The van der Waals surface area contributed by atoms with Crippen LogP contribution in [0.2, 0.25) is 5.02 Å². The Hall–Kier alpha value is -4.75. The molecule has 0 unspecified atom stereocenters. The van der Waals surface area contributed by atoms with E-state index in [0.717, 1.165) is 16.8 Å². The molecule has 0 saturated carbocycles. The van der Waals surface area contributed by atoms with Gasteiger partial charge in [-0.25, -0.2) is 9.38 Å². The van der Waals surface area contributed by atoms with Gasteiger partial charge in [-0.2, -0.15) is 0 Å². The Morgan fingerprint density at radius 2 is 1.64 bits per heavy atom. The Morgan fingerprint density at radius 1 is 0.949 bits per heavy atom. The standard InChI is InChI=1S/C31H24ClFN4O2/c1-36(2)24-13-8-20(9-14-24)18-28-31(39)37(29(35-28)21-6-4-3-5-7-21)25-15-10-22(11-16-25)30(38)34-23-12-17-27(33)26(32)19-23/h3-19H,1-2H3,(H,34,38)/b28-18-. The molecule has 0 fully saturated rings. The van der Waals surface area contributed by atoms with E-state index < -0.39 is 11.7 Å². The van der Waals surface area contributed by atoms with Crippen molar-refractivity contribution in [1.29, 1.82) is 0 Å². The van der Waals surface area contributed by atoms with E-state index in [4.69, 9.17) is 16.6 Å². The summed E-state index contributed by atoms with van der Waals surface area (Å²) in [5.74, 6) is -0.738. The van der Waals surface area contributed by atoms with E-state index in [-0.39, 0.29) is 10.9 Å². The first-order valence-electron chi connectivity index (χ1n) is 12.1. The second-order valence-electron chi connectivity index (χ2n) is 9.09. The van der Waals surface area contributed by atoms with Crippen LogP contribution in [0, 0.1) is 5.82 Å². The molecular weight excluding hydrogens is 515 g/mol. The molecule has 2 amide bonds. The highest BCUT2D eigenvalue weighted by Gasteiger charge is 2.32. The number of aliphatic imine (C=N–C) groups is 1. The molecule has 1 aliphatic rings. The molecule has 0 spiro atoms. The molecule has 6 nitrogen and oxygen atoms in total. The van der Waals surface area contributed by atoms with Gasteiger partial charge in [-0.15, -0.1) is 0 Å². The van der Waals surface area contributed by atoms with Crippen LogP contribution in [0.15, 0.2) is 108 Å². The third-order valence-electron chi connectivity index (χ3n) is 6.17. The van der Waals surface area contributed by atoms with Crippen LogP contribution in [0.4, 0.5) is 21.5 Å². The maximum Gasteiger partial charge on any atom is 0.282 e. The van der Waals surface area contributed by atoms with E-state index in [1.807, 2.05) is 73.6 Å².